The van der Waals surface area contributed by atoms with Gasteiger partial charge in [0.25, 0.3) is 5.91 Å². The number of aryl methyl sites for hydroxylation is 1. The number of nitrogens with zero attached hydrogens (tertiary/aromatic N) is 1. The predicted octanol–water partition coefficient (Wildman–Crippen LogP) is 2.25. The summed E-state index contributed by atoms with van der Waals surface area (Å²) in [6, 6.07) is 6.76. The molecule has 0 unspecified atom stereocenters. The summed E-state index contributed by atoms with van der Waals surface area (Å²) in [6.45, 7) is 4.66. The number of rotatable bonds is 1. The van der Waals surface area contributed by atoms with Crippen LogP contribution in [-0.4, -0.2) is 27.1 Å². The molecular weight excluding hydrogens is 256 g/mol. The lowest BCUT2D eigenvalue weighted by molar-refractivity contribution is 0.0696. The Labute approximate surface area is 116 Å². The van der Waals surface area contributed by atoms with Crippen molar-refractivity contribution in [2.75, 3.05) is 0 Å². The smallest absolute Gasteiger partial charge is 0.335 e. The van der Waals surface area contributed by atoms with Crippen molar-refractivity contribution in [3.63, 3.8) is 0 Å². The summed E-state index contributed by atoms with van der Waals surface area (Å²) in [5.41, 5.74) is 1.37. The maximum atomic E-state index is 12.3. The first kappa shape index (κ1) is 12.7. The van der Waals surface area contributed by atoms with E-state index >= 15 is 0 Å². The van der Waals surface area contributed by atoms with E-state index in [1.165, 1.54) is 0 Å². The minimum Gasteiger partial charge on any atom is -0.478 e. The number of benzene rings is 1. The van der Waals surface area contributed by atoms with Crippen molar-refractivity contribution in [3.8, 4) is 0 Å². The molecule has 3 rings (SSSR count). The van der Waals surface area contributed by atoms with Crippen molar-refractivity contribution in [1.29, 1.82) is 0 Å². The minimum absolute atomic E-state index is 0.111. The Hall–Kier alpha value is -2.30. The fourth-order valence-electron chi connectivity index (χ4n) is 2.64. The summed E-state index contributed by atoms with van der Waals surface area (Å²) in [6.07, 6.45) is 0.798. The van der Waals surface area contributed by atoms with Crippen molar-refractivity contribution >= 4 is 22.8 Å². The number of carboxylic acids is 1. The van der Waals surface area contributed by atoms with Crippen LogP contribution in [-0.2, 0) is 6.54 Å². The Kier molecular flexibility index (Phi) is 2.61. The standard InChI is InChI=1S/C15H16N2O3/c1-15(2)5-6-17-11-8-10(14(19)20)4-3-9(11)7-12(17)13(18)16-15/h3-4,7-8H,5-6H2,1-2H3,(H,16,18)(H,19,20). The molecule has 0 radical (unpaired) electrons. The Morgan fingerprint density at radius 1 is 1.35 bits per heavy atom. The second-order valence-electron chi connectivity index (χ2n) is 5.85. The van der Waals surface area contributed by atoms with Gasteiger partial charge in [0.15, 0.2) is 0 Å². The summed E-state index contributed by atoms with van der Waals surface area (Å²) < 4.78 is 1.91. The summed E-state index contributed by atoms with van der Waals surface area (Å²) >= 11 is 0. The van der Waals surface area contributed by atoms with E-state index < -0.39 is 5.97 Å². The molecule has 0 atom stereocenters. The van der Waals surface area contributed by atoms with Gasteiger partial charge in [-0.25, -0.2) is 4.79 Å². The zero-order chi connectivity index (χ0) is 14.5. The van der Waals surface area contributed by atoms with Gasteiger partial charge in [-0.15, -0.1) is 0 Å². The molecule has 1 aromatic heterocycles. The molecule has 104 valence electrons. The first-order valence-corrected chi connectivity index (χ1v) is 6.56. The van der Waals surface area contributed by atoms with Gasteiger partial charge >= 0.3 is 5.97 Å². The van der Waals surface area contributed by atoms with E-state index in [9.17, 15) is 9.59 Å². The van der Waals surface area contributed by atoms with Gasteiger partial charge in [0.1, 0.15) is 5.69 Å². The Bertz CT molecular complexity index is 728. The number of fused-ring (bicyclic) bond motifs is 3. The van der Waals surface area contributed by atoms with Crippen LogP contribution in [0.4, 0.5) is 0 Å². The number of aromatic nitrogens is 1. The molecule has 0 bridgehead atoms. The molecule has 0 saturated carbocycles. The second-order valence-corrected chi connectivity index (χ2v) is 5.85. The molecule has 0 spiro atoms. The molecule has 0 fully saturated rings. The lowest BCUT2D eigenvalue weighted by Gasteiger charge is -2.23. The fraction of sp³-hybridized carbons (Fsp3) is 0.333. The number of aromatic carboxylic acids is 1. The number of nitrogens with one attached hydrogen (secondary N) is 1. The molecule has 5 nitrogen and oxygen atoms in total. The second kappa shape index (κ2) is 4.10. The van der Waals surface area contributed by atoms with Crippen LogP contribution in [0.5, 0.6) is 0 Å². The van der Waals surface area contributed by atoms with Crippen LogP contribution in [0.2, 0.25) is 0 Å². The highest BCUT2D eigenvalue weighted by atomic mass is 16.4. The monoisotopic (exact) mass is 272 g/mol. The number of hydrogen-bond acceptors (Lipinski definition) is 2. The Morgan fingerprint density at radius 3 is 2.80 bits per heavy atom. The van der Waals surface area contributed by atoms with Crippen molar-refractivity contribution < 1.29 is 14.7 Å². The molecule has 0 aliphatic carbocycles. The van der Waals surface area contributed by atoms with Gasteiger partial charge in [0.05, 0.1) is 5.56 Å². The largest absolute Gasteiger partial charge is 0.478 e. The summed E-state index contributed by atoms with van der Waals surface area (Å²) in [4.78, 5) is 23.3. The molecule has 1 amide bonds. The van der Waals surface area contributed by atoms with Gasteiger partial charge in [-0.2, -0.15) is 0 Å². The molecular formula is C15H16N2O3. The third kappa shape index (κ3) is 1.95. The SMILES string of the molecule is CC1(C)CCn2c(cc3ccc(C(=O)O)cc32)C(=O)N1. The Balaban J connectivity index is 2.19. The molecule has 1 aromatic carbocycles. The molecule has 1 aliphatic rings. The van der Waals surface area contributed by atoms with Crippen LogP contribution in [0, 0.1) is 0 Å². The van der Waals surface area contributed by atoms with Gasteiger partial charge in [-0.05, 0) is 38.5 Å². The van der Waals surface area contributed by atoms with Crippen molar-refractivity contribution in [2.45, 2.75) is 32.4 Å². The lowest BCUT2D eigenvalue weighted by Crippen LogP contribution is -2.42. The van der Waals surface area contributed by atoms with Crippen LogP contribution in [0.3, 0.4) is 0 Å². The van der Waals surface area contributed by atoms with Crippen molar-refractivity contribution in [1.82, 2.24) is 9.88 Å². The third-order valence-corrected chi connectivity index (χ3v) is 3.80. The first-order chi connectivity index (χ1) is 9.37. The van der Waals surface area contributed by atoms with Crippen molar-refractivity contribution in [2.24, 2.45) is 0 Å². The zero-order valence-electron chi connectivity index (χ0n) is 11.4. The van der Waals surface area contributed by atoms with Crippen LogP contribution < -0.4 is 5.32 Å². The van der Waals surface area contributed by atoms with E-state index in [2.05, 4.69) is 5.32 Å². The van der Waals surface area contributed by atoms with Gasteiger partial charge in [0, 0.05) is 23.0 Å². The van der Waals surface area contributed by atoms with E-state index in [4.69, 9.17) is 5.11 Å². The van der Waals surface area contributed by atoms with Gasteiger partial charge in [-0.1, -0.05) is 6.07 Å². The van der Waals surface area contributed by atoms with Crippen LogP contribution in [0.15, 0.2) is 24.3 Å². The van der Waals surface area contributed by atoms with E-state index in [-0.39, 0.29) is 17.0 Å². The number of amides is 1. The highest BCUT2D eigenvalue weighted by molar-refractivity contribution is 6.01. The Morgan fingerprint density at radius 2 is 2.10 bits per heavy atom. The van der Waals surface area contributed by atoms with Gasteiger partial charge in [-0.3, -0.25) is 4.79 Å². The van der Waals surface area contributed by atoms with E-state index in [0.717, 1.165) is 17.3 Å². The lowest BCUT2D eigenvalue weighted by atomic mass is 10.0. The maximum absolute atomic E-state index is 12.3. The number of carboxylic acid groups (broad SMARTS) is 1. The number of carbonyl (C=O) groups is 2. The van der Waals surface area contributed by atoms with Gasteiger partial charge < -0.3 is 15.0 Å². The summed E-state index contributed by atoms with van der Waals surface area (Å²) in [7, 11) is 0. The zero-order valence-corrected chi connectivity index (χ0v) is 11.4. The number of hydrogen-bond donors (Lipinski definition) is 2. The highest BCUT2D eigenvalue weighted by Crippen LogP contribution is 2.26. The maximum Gasteiger partial charge on any atom is 0.335 e. The number of carbonyl (C=O) groups excluding carboxylic acids is 1. The molecule has 1 aliphatic heterocycles. The fourth-order valence-corrected chi connectivity index (χ4v) is 2.64. The predicted molar refractivity (Wildman–Crippen MR) is 75.1 cm³/mol. The molecule has 20 heavy (non-hydrogen) atoms. The van der Waals surface area contributed by atoms with Crippen molar-refractivity contribution in [3.05, 3.63) is 35.5 Å². The normalized spacial score (nSPS) is 17.4. The molecule has 2 heterocycles. The van der Waals surface area contributed by atoms with Crippen LogP contribution in [0.25, 0.3) is 10.9 Å². The van der Waals surface area contributed by atoms with Crippen LogP contribution in [0.1, 0.15) is 41.1 Å². The van der Waals surface area contributed by atoms with Gasteiger partial charge in [0.2, 0.25) is 0 Å². The molecule has 2 aromatic rings. The first-order valence-electron chi connectivity index (χ1n) is 6.56. The summed E-state index contributed by atoms with van der Waals surface area (Å²) in [5.74, 6) is -1.07. The minimum atomic E-state index is -0.958. The van der Waals surface area contributed by atoms with E-state index in [1.807, 2.05) is 24.5 Å². The quantitative estimate of drug-likeness (QED) is 0.836. The average Bonchev–Trinajstić information content (AvgIpc) is 2.68. The van der Waals surface area contributed by atoms with Crippen LogP contribution >= 0.6 is 0 Å². The summed E-state index contributed by atoms with van der Waals surface area (Å²) in [5, 5.41) is 13.0. The average molecular weight is 272 g/mol. The molecule has 0 saturated heterocycles. The topological polar surface area (TPSA) is 71.3 Å². The van der Waals surface area contributed by atoms with E-state index in [1.54, 1.807) is 18.2 Å². The molecule has 2 N–H and O–H groups in total. The third-order valence-electron chi connectivity index (χ3n) is 3.80. The molecule has 5 heteroatoms. The highest BCUT2D eigenvalue weighted by Gasteiger charge is 2.28. The van der Waals surface area contributed by atoms with E-state index in [0.29, 0.717) is 12.2 Å².